The molecule has 1 aliphatic heterocycles. The monoisotopic (exact) mass is 302 g/mol. The van der Waals surface area contributed by atoms with Crippen LogP contribution in [0.5, 0.6) is 0 Å². The van der Waals surface area contributed by atoms with Crippen LogP contribution in [0.1, 0.15) is 33.7 Å². The van der Waals surface area contributed by atoms with E-state index in [9.17, 15) is 4.79 Å². The number of benzene rings is 1. The number of nitrogens with zero attached hydrogens (tertiary/aromatic N) is 2. The van der Waals surface area contributed by atoms with Crippen LogP contribution in [0.15, 0.2) is 48.2 Å². The maximum atomic E-state index is 13.0. The van der Waals surface area contributed by atoms with Gasteiger partial charge in [-0.05, 0) is 56.0 Å². The maximum Gasteiger partial charge on any atom is 0.258 e. The van der Waals surface area contributed by atoms with Crippen molar-refractivity contribution < 1.29 is 4.79 Å². The molecular formula is C20H18N2O. The molecule has 3 heteroatoms. The molecule has 3 nitrogen and oxygen atoms in total. The van der Waals surface area contributed by atoms with Crippen molar-refractivity contribution in [3.8, 4) is 0 Å². The third-order valence-corrected chi connectivity index (χ3v) is 4.74. The predicted octanol–water partition coefficient (Wildman–Crippen LogP) is 4.32. The fourth-order valence-corrected chi connectivity index (χ4v) is 3.46. The van der Waals surface area contributed by atoms with E-state index in [-0.39, 0.29) is 5.91 Å². The van der Waals surface area contributed by atoms with Crippen LogP contribution in [0.25, 0.3) is 17.0 Å². The summed E-state index contributed by atoms with van der Waals surface area (Å²) >= 11 is 0. The predicted molar refractivity (Wildman–Crippen MR) is 92.6 cm³/mol. The summed E-state index contributed by atoms with van der Waals surface area (Å²) in [6.07, 6.45) is 5.46. The van der Waals surface area contributed by atoms with Gasteiger partial charge in [-0.1, -0.05) is 24.3 Å². The summed E-state index contributed by atoms with van der Waals surface area (Å²) < 4.78 is 1.89. The Hall–Kier alpha value is -2.68. The van der Waals surface area contributed by atoms with Crippen LogP contribution in [0.2, 0.25) is 0 Å². The lowest BCUT2D eigenvalue weighted by molar-refractivity contribution is 0.0946. The van der Waals surface area contributed by atoms with Gasteiger partial charge < -0.3 is 0 Å². The number of fused-ring (bicyclic) bond motifs is 3. The molecule has 0 N–H and O–H groups in total. The number of aryl methyl sites for hydroxylation is 2. The van der Waals surface area contributed by atoms with E-state index in [2.05, 4.69) is 18.0 Å². The van der Waals surface area contributed by atoms with Gasteiger partial charge in [-0.25, -0.2) is 0 Å². The van der Waals surface area contributed by atoms with Gasteiger partial charge >= 0.3 is 0 Å². The maximum absolute atomic E-state index is 13.0. The third-order valence-electron chi connectivity index (χ3n) is 4.74. The Balaban J connectivity index is 1.87. The molecule has 0 saturated carbocycles. The van der Waals surface area contributed by atoms with Crippen LogP contribution in [0.3, 0.4) is 0 Å². The lowest BCUT2D eigenvalue weighted by Crippen LogP contribution is -2.22. The molecule has 3 heterocycles. The van der Waals surface area contributed by atoms with Crippen LogP contribution in [0, 0.1) is 13.8 Å². The Morgan fingerprint density at radius 2 is 1.91 bits per heavy atom. The number of hydrogen-bond donors (Lipinski definition) is 0. The van der Waals surface area contributed by atoms with Gasteiger partial charge in [0.1, 0.15) is 0 Å². The summed E-state index contributed by atoms with van der Waals surface area (Å²) in [6, 6.07) is 12.1. The first kappa shape index (κ1) is 13.9. The fraction of sp³-hybridized carbons (Fsp3) is 0.200. The quantitative estimate of drug-likeness (QED) is 0.627. The first-order valence-corrected chi connectivity index (χ1v) is 7.92. The van der Waals surface area contributed by atoms with Gasteiger partial charge in [0.2, 0.25) is 0 Å². The SMILES string of the molecule is Cc1ncccc1C=C1CCc2c(C)c3ccccc3n2C1=O. The largest absolute Gasteiger partial charge is 0.280 e. The molecule has 0 saturated heterocycles. The first-order chi connectivity index (χ1) is 11.2. The molecule has 4 rings (SSSR count). The summed E-state index contributed by atoms with van der Waals surface area (Å²) in [4.78, 5) is 17.3. The van der Waals surface area contributed by atoms with E-state index in [4.69, 9.17) is 0 Å². The van der Waals surface area contributed by atoms with E-state index < -0.39 is 0 Å². The van der Waals surface area contributed by atoms with Crippen molar-refractivity contribution in [2.24, 2.45) is 0 Å². The number of carbonyl (C=O) groups is 1. The van der Waals surface area contributed by atoms with Crippen LogP contribution in [0.4, 0.5) is 0 Å². The second-order valence-corrected chi connectivity index (χ2v) is 6.08. The summed E-state index contributed by atoms with van der Waals surface area (Å²) in [7, 11) is 0. The lowest BCUT2D eigenvalue weighted by atomic mass is 9.99. The minimum absolute atomic E-state index is 0.0961. The summed E-state index contributed by atoms with van der Waals surface area (Å²) in [5, 5.41) is 1.18. The molecule has 0 bridgehead atoms. The zero-order valence-corrected chi connectivity index (χ0v) is 13.3. The fourth-order valence-electron chi connectivity index (χ4n) is 3.46. The molecule has 23 heavy (non-hydrogen) atoms. The highest BCUT2D eigenvalue weighted by atomic mass is 16.2. The standard InChI is InChI=1S/C20H18N2O/c1-13-17-7-3-4-8-19(17)22-18(13)10-9-16(20(22)23)12-15-6-5-11-21-14(15)2/h3-8,11-12H,9-10H2,1-2H3. The zero-order chi connectivity index (χ0) is 16.0. The molecule has 0 atom stereocenters. The van der Waals surface area contributed by atoms with Crippen LogP contribution in [-0.2, 0) is 6.42 Å². The number of rotatable bonds is 1. The normalized spacial score (nSPS) is 16.1. The van der Waals surface area contributed by atoms with Crippen LogP contribution >= 0.6 is 0 Å². The van der Waals surface area contributed by atoms with Crippen molar-refractivity contribution in [1.82, 2.24) is 9.55 Å². The topological polar surface area (TPSA) is 34.9 Å². The van der Waals surface area contributed by atoms with Crippen LogP contribution in [-0.4, -0.2) is 15.5 Å². The van der Waals surface area contributed by atoms with Gasteiger partial charge in [0.15, 0.2) is 0 Å². The van der Waals surface area contributed by atoms with Crippen molar-refractivity contribution in [2.75, 3.05) is 0 Å². The molecule has 1 aliphatic rings. The molecule has 0 fully saturated rings. The van der Waals surface area contributed by atoms with Crippen molar-refractivity contribution in [3.05, 3.63) is 70.7 Å². The zero-order valence-electron chi connectivity index (χ0n) is 13.3. The molecule has 3 aromatic rings. The van der Waals surface area contributed by atoms with Crippen molar-refractivity contribution in [2.45, 2.75) is 26.7 Å². The second-order valence-electron chi connectivity index (χ2n) is 6.08. The molecule has 0 spiro atoms. The first-order valence-electron chi connectivity index (χ1n) is 7.92. The minimum atomic E-state index is 0.0961. The van der Waals surface area contributed by atoms with E-state index in [1.165, 1.54) is 10.9 Å². The summed E-state index contributed by atoms with van der Waals surface area (Å²) in [6.45, 7) is 4.09. The molecular weight excluding hydrogens is 284 g/mol. The number of aromatic nitrogens is 2. The van der Waals surface area contributed by atoms with Gasteiger partial charge in [-0.3, -0.25) is 14.3 Å². The molecule has 114 valence electrons. The molecule has 0 amide bonds. The number of para-hydroxylation sites is 1. The smallest absolute Gasteiger partial charge is 0.258 e. The van der Waals surface area contributed by atoms with Gasteiger partial charge in [0.25, 0.3) is 5.91 Å². The van der Waals surface area contributed by atoms with Gasteiger partial charge in [0.05, 0.1) is 5.52 Å². The summed E-state index contributed by atoms with van der Waals surface area (Å²) in [5.74, 6) is 0.0961. The number of carbonyl (C=O) groups excluding carboxylic acids is 1. The molecule has 0 radical (unpaired) electrons. The Kier molecular flexibility index (Phi) is 3.15. The van der Waals surface area contributed by atoms with E-state index in [0.29, 0.717) is 0 Å². The molecule has 1 aromatic carbocycles. The number of allylic oxidation sites excluding steroid dienone is 1. The summed E-state index contributed by atoms with van der Waals surface area (Å²) in [5.41, 5.74) is 6.22. The Morgan fingerprint density at radius 1 is 1.09 bits per heavy atom. The highest BCUT2D eigenvalue weighted by Gasteiger charge is 2.26. The third kappa shape index (κ3) is 2.12. The lowest BCUT2D eigenvalue weighted by Gasteiger charge is -2.18. The van der Waals surface area contributed by atoms with E-state index in [1.54, 1.807) is 6.20 Å². The van der Waals surface area contributed by atoms with Gasteiger partial charge in [-0.2, -0.15) is 0 Å². The highest BCUT2D eigenvalue weighted by Crippen LogP contribution is 2.32. The second kappa shape index (κ2) is 5.20. The number of pyridine rings is 1. The van der Waals surface area contributed by atoms with Crippen molar-refractivity contribution in [1.29, 1.82) is 0 Å². The Labute approximate surface area is 135 Å². The molecule has 0 aliphatic carbocycles. The Morgan fingerprint density at radius 3 is 2.74 bits per heavy atom. The van der Waals surface area contributed by atoms with E-state index in [1.807, 2.05) is 47.9 Å². The van der Waals surface area contributed by atoms with E-state index in [0.717, 1.165) is 40.9 Å². The average molecular weight is 302 g/mol. The highest BCUT2D eigenvalue weighted by molar-refractivity contribution is 6.07. The minimum Gasteiger partial charge on any atom is -0.280 e. The van der Waals surface area contributed by atoms with Crippen molar-refractivity contribution in [3.63, 3.8) is 0 Å². The van der Waals surface area contributed by atoms with Crippen LogP contribution < -0.4 is 0 Å². The molecule has 2 aromatic heterocycles. The molecule has 0 unspecified atom stereocenters. The van der Waals surface area contributed by atoms with E-state index >= 15 is 0 Å². The van der Waals surface area contributed by atoms with Gasteiger partial charge in [0, 0.05) is 28.5 Å². The average Bonchev–Trinajstić information content (AvgIpc) is 2.86. The number of hydrogen-bond acceptors (Lipinski definition) is 2. The van der Waals surface area contributed by atoms with Gasteiger partial charge in [-0.15, -0.1) is 0 Å². The van der Waals surface area contributed by atoms with Crippen molar-refractivity contribution >= 4 is 22.9 Å². The Bertz CT molecular complexity index is 963.